The largest absolute Gasteiger partial charge is 0.378 e. The Labute approximate surface area is 158 Å². The molecule has 1 atom stereocenters. The first-order chi connectivity index (χ1) is 12.2. The minimum absolute atomic E-state index is 0.233. The van der Waals surface area contributed by atoms with Crippen LogP contribution in [0.5, 0.6) is 0 Å². The molecule has 1 unspecified atom stereocenters. The molecule has 0 saturated carbocycles. The average Bonchev–Trinajstić information content (AvgIpc) is 2.55. The first-order valence-corrected chi connectivity index (χ1v) is 10.9. The molecule has 0 aliphatic carbocycles. The first-order valence-electron chi connectivity index (χ1n) is 9.04. The van der Waals surface area contributed by atoms with Gasteiger partial charge < -0.3 is 15.4 Å². The van der Waals surface area contributed by atoms with Crippen molar-refractivity contribution in [2.45, 2.75) is 51.7 Å². The highest BCUT2D eigenvalue weighted by Gasteiger charge is 2.13. The van der Waals surface area contributed by atoms with Crippen molar-refractivity contribution in [1.82, 2.24) is 10.6 Å². The zero-order valence-electron chi connectivity index (χ0n) is 16.8. The van der Waals surface area contributed by atoms with Gasteiger partial charge in [-0.15, -0.1) is 0 Å². The van der Waals surface area contributed by atoms with Gasteiger partial charge in [-0.25, -0.2) is 8.42 Å². The van der Waals surface area contributed by atoms with Crippen LogP contribution in [0.25, 0.3) is 0 Å². The molecule has 0 aliphatic rings. The quantitative estimate of drug-likeness (QED) is 0.506. The molecule has 0 aromatic heterocycles. The number of guanidine groups is 1. The highest BCUT2D eigenvalue weighted by Crippen LogP contribution is 2.16. The second-order valence-electron chi connectivity index (χ2n) is 6.75. The summed E-state index contributed by atoms with van der Waals surface area (Å²) in [5.41, 5.74) is 1.76. The van der Waals surface area contributed by atoms with Gasteiger partial charge in [0.25, 0.3) is 0 Å². The Kier molecular flexibility index (Phi) is 9.08. The Bertz CT molecular complexity index is 700. The SMILES string of the molecule is CCOC(CCNC(=NC)NCc1ccc(S(C)(=O)=O)c(C)c1)C(C)C. The van der Waals surface area contributed by atoms with Crippen molar-refractivity contribution in [1.29, 1.82) is 0 Å². The van der Waals surface area contributed by atoms with Gasteiger partial charge in [0.05, 0.1) is 11.0 Å². The normalized spacial score (nSPS) is 13.7. The summed E-state index contributed by atoms with van der Waals surface area (Å²) in [5, 5.41) is 6.55. The van der Waals surface area contributed by atoms with E-state index in [0.717, 1.165) is 30.7 Å². The molecule has 6 nitrogen and oxygen atoms in total. The molecule has 0 heterocycles. The number of hydrogen-bond donors (Lipinski definition) is 2. The number of sulfone groups is 1. The van der Waals surface area contributed by atoms with E-state index in [1.54, 1.807) is 13.1 Å². The Morgan fingerprint density at radius 1 is 1.27 bits per heavy atom. The van der Waals surface area contributed by atoms with Gasteiger partial charge in [0.2, 0.25) is 0 Å². The molecule has 26 heavy (non-hydrogen) atoms. The minimum Gasteiger partial charge on any atom is -0.378 e. The third kappa shape index (κ3) is 7.33. The van der Waals surface area contributed by atoms with E-state index in [4.69, 9.17) is 4.74 Å². The summed E-state index contributed by atoms with van der Waals surface area (Å²) in [6, 6.07) is 5.38. The molecular weight excluding hydrogens is 350 g/mol. The van der Waals surface area contributed by atoms with E-state index in [1.165, 1.54) is 6.26 Å². The minimum atomic E-state index is -3.19. The molecule has 0 aliphatic heterocycles. The van der Waals surface area contributed by atoms with Crippen molar-refractivity contribution in [3.8, 4) is 0 Å². The zero-order chi connectivity index (χ0) is 19.7. The maximum Gasteiger partial charge on any atom is 0.191 e. The van der Waals surface area contributed by atoms with E-state index in [1.807, 2.05) is 26.0 Å². The second-order valence-corrected chi connectivity index (χ2v) is 8.74. The standard InChI is InChI=1S/C19H33N3O3S/c1-7-25-17(14(2)3)10-11-21-19(20-5)22-13-16-8-9-18(15(4)12-16)26(6,23)24/h8-9,12,14,17H,7,10-11,13H2,1-6H3,(H2,20,21,22). The summed E-state index contributed by atoms with van der Waals surface area (Å²) in [6.45, 7) is 10.2. The molecule has 0 saturated heterocycles. The molecule has 7 heteroatoms. The van der Waals surface area contributed by atoms with Crippen LogP contribution < -0.4 is 10.6 Å². The summed E-state index contributed by atoms with van der Waals surface area (Å²) in [6.07, 6.45) is 2.37. The van der Waals surface area contributed by atoms with Crippen molar-refractivity contribution < 1.29 is 13.2 Å². The smallest absolute Gasteiger partial charge is 0.191 e. The van der Waals surface area contributed by atoms with E-state index in [9.17, 15) is 8.42 Å². The van der Waals surface area contributed by atoms with E-state index >= 15 is 0 Å². The Morgan fingerprint density at radius 2 is 1.96 bits per heavy atom. The molecule has 0 fully saturated rings. The number of hydrogen-bond acceptors (Lipinski definition) is 4. The molecule has 148 valence electrons. The Morgan fingerprint density at radius 3 is 2.46 bits per heavy atom. The number of nitrogens with zero attached hydrogens (tertiary/aromatic N) is 1. The van der Waals surface area contributed by atoms with Crippen molar-refractivity contribution in [2.24, 2.45) is 10.9 Å². The molecule has 0 amide bonds. The highest BCUT2D eigenvalue weighted by atomic mass is 32.2. The molecule has 1 aromatic rings. The molecule has 0 radical (unpaired) electrons. The third-order valence-electron chi connectivity index (χ3n) is 4.17. The van der Waals surface area contributed by atoms with Gasteiger partial charge in [-0.1, -0.05) is 26.0 Å². The highest BCUT2D eigenvalue weighted by molar-refractivity contribution is 7.90. The monoisotopic (exact) mass is 383 g/mol. The number of nitrogens with one attached hydrogen (secondary N) is 2. The summed E-state index contributed by atoms with van der Waals surface area (Å²) in [5.74, 6) is 1.19. The summed E-state index contributed by atoms with van der Waals surface area (Å²) in [4.78, 5) is 4.60. The Balaban J connectivity index is 2.56. The molecule has 1 aromatic carbocycles. The van der Waals surface area contributed by atoms with Gasteiger partial charge in [0.1, 0.15) is 0 Å². The zero-order valence-corrected chi connectivity index (χ0v) is 17.6. The number of ether oxygens (including phenoxy) is 1. The predicted molar refractivity (Wildman–Crippen MR) is 107 cm³/mol. The van der Waals surface area contributed by atoms with Crippen molar-refractivity contribution >= 4 is 15.8 Å². The van der Waals surface area contributed by atoms with Gasteiger partial charge >= 0.3 is 0 Å². The molecule has 2 N–H and O–H groups in total. The van der Waals surface area contributed by atoms with Crippen LogP contribution in [0.2, 0.25) is 0 Å². The fraction of sp³-hybridized carbons (Fsp3) is 0.632. The number of aryl methyl sites for hydroxylation is 1. The predicted octanol–water partition coefficient (Wildman–Crippen LogP) is 2.51. The Hall–Kier alpha value is -1.60. The van der Waals surface area contributed by atoms with Gasteiger partial charge in [-0.05, 0) is 43.4 Å². The van der Waals surface area contributed by atoms with Crippen LogP contribution in [0, 0.1) is 12.8 Å². The van der Waals surface area contributed by atoms with Crippen LogP contribution in [-0.2, 0) is 21.1 Å². The van der Waals surface area contributed by atoms with E-state index in [2.05, 4.69) is 29.5 Å². The topological polar surface area (TPSA) is 79.8 Å². The van der Waals surface area contributed by atoms with Gasteiger partial charge in [-0.3, -0.25) is 4.99 Å². The maximum atomic E-state index is 11.7. The van der Waals surface area contributed by atoms with E-state index < -0.39 is 9.84 Å². The van der Waals surface area contributed by atoms with Crippen molar-refractivity contribution in [3.63, 3.8) is 0 Å². The van der Waals surface area contributed by atoms with E-state index in [-0.39, 0.29) is 6.10 Å². The second kappa shape index (κ2) is 10.5. The number of rotatable bonds is 9. The lowest BCUT2D eigenvalue weighted by Crippen LogP contribution is -2.39. The summed E-state index contributed by atoms with van der Waals surface area (Å²) < 4.78 is 29.1. The molecular formula is C19H33N3O3S. The van der Waals surface area contributed by atoms with E-state index in [0.29, 0.717) is 23.3 Å². The lowest BCUT2D eigenvalue weighted by Gasteiger charge is -2.21. The molecule has 0 spiro atoms. The van der Waals surface area contributed by atoms with Crippen LogP contribution in [0.15, 0.2) is 28.1 Å². The van der Waals surface area contributed by atoms with Crippen LogP contribution >= 0.6 is 0 Å². The van der Waals surface area contributed by atoms with Gasteiger partial charge in [0, 0.05) is 33.0 Å². The fourth-order valence-electron chi connectivity index (χ4n) is 2.80. The van der Waals surface area contributed by atoms with Crippen LogP contribution in [0.1, 0.15) is 38.3 Å². The third-order valence-corrected chi connectivity index (χ3v) is 5.42. The molecule has 1 rings (SSSR count). The number of aliphatic imine (C=N–C) groups is 1. The summed E-state index contributed by atoms with van der Waals surface area (Å²) in [7, 11) is -1.45. The van der Waals surface area contributed by atoms with Crippen molar-refractivity contribution in [2.75, 3.05) is 26.5 Å². The average molecular weight is 384 g/mol. The van der Waals surface area contributed by atoms with Gasteiger partial charge in [-0.2, -0.15) is 0 Å². The summed E-state index contributed by atoms with van der Waals surface area (Å²) >= 11 is 0. The van der Waals surface area contributed by atoms with Crippen molar-refractivity contribution in [3.05, 3.63) is 29.3 Å². The number of benzene rings is 1. The lowest BCUT2D eigenvalue weighted by atomic mass is 10.0. The molecule has 0 bridgehead atoms. The first kappa shape index (κ1) is 22.4. The van der Waals surface area contributed by atoms with Crippen LogP contribution in [0.4, 0.5) is 0 Å². The van der Waals surface area contributed by atoms with Crippen LogP contribution in [-0.4, -0.2) is 46.9 Å². The lowest BCUT2D eigenvalue weighted by molar-refractivity contribution is 0.0258. The fourth-order valence-corrected chi connectivity index (χ4v) is 3.76. The maximum absolute atomic E-state index is 11.7. The van der Waals surface area contributed by atoms with Gasteiger partial charge in [0.15, 0.2) is 15.8 Å². The van der Waals surface area contributed by atoms with Crippen LogP contribution in [0.3, 0.4) is 0 Å².